The number of ether oxygens (including phenoxy) is 2. The number of fused-ring (bicyclic) bond motifs is 4. The summed E-state index contributed by atoms with van der Waals surface area (Å²) in [5.74, 6) is 1.17. The molecule has 0 bridgehead atoms. The molecule has 5 aromatic rings. The van der Waals surface area contributed by atoms with Crippen LogP contribution >= 0.6 is 0 Å². The highest BCUT2D eigenvalue weighted by Crippen LogP contribution is 2.40. The Balaban J connectivity index is 1.33. The minimum atomic E-state index is -2.98. The fraction of sp³-hybridized carbons (Fsp3) is 0.394. The molecule has 0 spiro atoms. The Morgan fingerprint density at radius 1 is 1.04 bits per heavy atom. The molecule has 5 heterocycles. The Bertz CT molecular complexity index is 1880. The summed E-state index contributed by atoms with van der Waals surface area (Å²) >= 11 is 0. The second kappa shape index (κ2) is 11.3. The van der Waals surface area contributed by atoms with Crippen LogP contribution < -0.4 is 4.74 Å². The monoisotopic (exact) mass is 615 g/mol. The van der Waals surface area contributed by atoms with Gasteiger partial charge in [0.25, 0.3) is 0 Å². The maximum atomic E-state index is 13.8. The van der Waals surface area contributed by atoms with E-state index in [-0.39, 0.29) is 31.5 Å². The van der Waals surface area contributed by atoms with Crippen molar-refractivity contribution in [1.29, 1.82) is 0 Å². The van der Waals surface area contributed by atoms with Gasteiger partial charge < -0.3 is 24.0 Å². The van der Waals surface area contributed by atoms with Gasteiger partial charge in [-0.1, -0.05) is 6.07 Å². The van der Waals surface area contributed by atoms with Crippen molar-refractivity contribution in [2.45, 2.75) is 65.2 Å². The molecule has 7 rings (SSSR count). The van der Waals surface area contributed by atoms with Gasteiger partial charge in [-0.2, -0.15) is 13.9 Å². The molecule has 2 aromatic carbocycles. The van der Waals surface area contributed by atoms with E-state index in [1.54, 1.807) is 33.2 Å². The summed E-state index contributed by atoms with van der Waals surface area (Å²) < 4.78 is 43.0. The second-order valence-electron chi connectivity index (χ2n) is 12.5. The molecule has 234 valence electrons. The molecule has 1 atom stereocenters. The highest BCUT2D eigenvalue weighted by Gasteiger charge is 2.27. The number of hydrogen-bond acceptors (Lipinski definition) is 8. The van der Waals surface area contributed by atoms with Gasteiger partial charge in [0.1, 0.15) is 23.8 Å². The molecule has 12 heteroatoms. The van der Waals surface area contributed by atoms with Gasteiger partial charge in [-0.25, -0.2) is 15.0 Å². The summed E-state index contributed by atoms with van der Waals surface area (Å²) in [5.41, 5.74) is 5.86. The number of likely N-dealkylation sites (tertiary alicyclic amines) is 1. The number of halogens is 2. The van der Waals surface area contributed by atoms with Crippen LogP contribution in [0.25, 0.3) is 33.3 Å². The first-order chi connectivity index (χ1) is 21.5. The average Bonchev–Trinajstić information content (AvgIpc) is 3.72. The Morgan fingerprint density at radius 2 is 1.84 bits per heavy atom. The molecule has 2 aliphatic rings. The fourth-order valence-corrected chi connectivity index (χ4v) is 6.39. The van der Waals surface area contributed by atoms with Gasteiger partial charge in [-0.15, -0.1) is 0 Å². The summed E-state index contributed by atoms with van der Waals surface area (Å²) in [4.78, 5) is 15.8. The zero-order chi connectivity index (χ0) is 31.5. The van der Waals surface area contributed by atoms with Gasteiger partial charge in [-0.3, -0.25) is 4.68 Å². The number of rotatable bonds is 6. The molecule has 1 unspecified atom stereocenters. The molecule has 45 heavy (non-hydrogen) atoms. The van der Waals surface area contributed by atoms with E-state index in [9.17, 15) is 13.9 Å². The van der Waals surface area contributed by atoms with Crippen molar-refractivity contribution in [3.05, 3.63) is 77.4 Å². The van der Waals surface area contributed by atoms with Crippen molar-refractivity contribution in [1.82, 2.24) is 34.2 Å². The summed E-state index contributed by atoms with van der Waals surface area (Å²) in [7, 11) is 2.11. The molecule has 0 radical (unpaired) electrons. The highest BCUT2D eigenvalue weighted by atomic mass is 19.3. The Morgan fingerprint density at radius 3 is 2.56 bits per heavy atom. The maximum Gasteiger partial charge on any atom is 0.387 e. The molecule has 1 fully saturated rings. The SMILES string of the molecule is Cc1cc(-c2cnn(C3CCN(C)C3)c2)c2c(c1OC(F)F)Cn1c(nc3ccc(-c4cnc(C(C)(C)O)nc4)cc31)COC2. The van der Waals surface area contributed by atoms with E-state index >= 15 is 0 Å². The quantitative estimate of drug-likeness (QED) is 0.269. The first-order valence-corrected chi connectivity index (χ1v) is 15.0. The number of nitrogens with zero attached hydrogens (tertiary/aromatic N) is 7. The number of imidazole rings is 1. The van der Waals surface area contributed by atoms with E-state index < -0.39 is 12.2 Å². The zero-order valence-electron chi connectivity index (χ0n) is 25.7. The summed E-state index contributed by atoms with van der Waals surface area (Å²) in [6.45, 7) is 4.75. The highest BCUT2D eigenvalue weighted by molar-refractivity contribution is 5.83. The van der Waals surface area contributed by atoms with Gasteiger partial charge in [0.15, 0.2) is 5.82 Å². The van der Waals surface area contributed by atoms with Crippen LogP contribution in [-0.2, 0) is 30.1 Å². The van der Waals surface area contributed by atoms with Crippen LogP contribution in [0.5, 0.6) is 5.75 Å². The third-order valence-corrected chi connectivity index (χ3v) is 8.70. The lowest BCUT2D eigenvalue weighted by Crippen LogP contribution is -2.19. The van der Waals surface area contributed by atoms with Crippen molar-refractivity contribution in [2.75, 3.05) is 20.1 Å². The van der Waals surface area contributed by atoms with Gasteiger partial charge >= 0.3 is 6.61 Å². The van der Waals surface area contributed by atoms with E-state index in [0.717, 1.165) is 58.4 Å². The largest absolute Gasteiger partial charge is 0.434 e. The minimum absolute atomic E-state index is 0.152. The molecular weight excluding hydrogens is 580 g/mol. The lowest BCUT2D eigenvalue weighted by molar-refractivity contribution is -0.0511. The third kappa shape index (κ3) is 5.58. The standard InChI is InChI=1S/C33H35F2N7O3/c1-19-9-24(22-13-38-42(14-22)23-7-8-40(4)15-23)26-17-44-18-29-39-27-6-5-20(21-11-36-31(37-12-21)33(2,3)43)10-28(27)41(29)16-25(26)30(19)45-32(34)35/h5-6,9-14,23,32,43H,7-8,15-18H2,1-4H3. The lowest BCUT2D eigenvalue weighted by atomic mass is 9.93. The van der Waals surface area contributed by atoms with Crippen molar-refractivity contribution >= 4 is 11.0 Å². The predicted octanol–water partition coefficient (Wildman–Crippen LogP) is 5.45. The summed E-state index contributed by atoms with van der Waals surface area (Å²) in [6, 6.07) is 8.03. The topological polar surface area (TPSA) is 103 Å². The lowest BCUT2D eigenvalue weighted by Gasteiger charge is -2.24. The number of aromatic nitrogens is 6. The molecule has 10 nitrogen and oxygen atoms in total. The van der Waals surface area contributed by atoms with Crippen LogP contribution in [0.4, 0.5) is 8.78 Å². The minimum Gasteiger partial charge on any atom is -0.434 e. The van der Waals surface area contributed by atoms with E-state index in [2.05, 4.69) is 27.0 Å². The molecular formula is C33H35F2N7O3. The van der Waals surface area contributed by atoms with Crippen molar-refractivity contribution in [3.8, 4) is 28.0 Å². The number of benzene rings is 2. The van der Waals surface area contributed by atoms with Crippen molar-refractivity contribution in [3.63, 3.8) is 0 Å². The predicted molar refractivity (Wildman–Crippen MR) is 164 cm³/mol. The first kappa shape index (κ1) is 29.5. The summed E-state index contributed by atoms with van der Waals surface area (Å²) in [5, 5.41) is 14.9. The van der Waals surface area contributed by atoms with Gasteiger partial charge in [-0.05, 0) is 81.2 Å². The van der Waals surface area contributed by atoms with E-state index in [1.165, 1.54) is 0 Å². The van der Waals surface area contributed by atoms with Gasteiger partial charge in [0, 0.05) is 41.8 Å². The number of hydrogen-bond donors (Lipinski definition) is 1. The molecule has 0 saturated carbocycles. The maximum absolute atomic E-state index is 13.8. The van der Waals surface area contributed by atoms with Gasteiger partial charge in [0.05, 0.1) is 36.4 Å². The van der Waals surface area contributed by atoms with Crippen molar-refractivity contribution < 1.29 is 23.4 Å². The van der Waals surface area contributed by atoms with Crippen LogP contribution in [0.1, 0.15) is 54.6 Å². The normalized spacial score (nSPS) is 17.4. The Labute approximate surface area is 259 Å². The van der Waals surface area contributed by atoms with Crippen LogP contribution in [-0.4, -0.2) is 66.1 Å². The van der Waals surface area contributed by atoms with Crippen LogP contribution in [0.3, 0.4) is 0 Å². The molecule has 1 N–H and O–H groups in total. The Kier molecular flexibility index (Phi) is 7.38. The van der Waals surface area contributed by atoms with E-state index in [1.807, 2.05) is 45.9 Å². The number of aryl methyl sites for hydroxylation is 1. The molecule has 0 aliphatic carbocycles. The molecule has 3 aromatic heterocycles. The number of aliphatic hydroxyl groups is 1. The first-order valence-electron chi connectivity index (χ1n) is 15.0. The Hall–Kier alpha value is -4.26. The zero-order valence-corrected chi connectivity index (χ0v) is 25.7. The number of likely N-dealkylation sites (N-methyl/N-ethyl adjacent to an activating group) is 1. The average molecular weight is 616 g/mol. The van der Waals surface area contributed by atoms with Crippen LogP contribution in [0, 0.1) is 6.92 Å². The van der Waals surface area contributed by atoms with Gasteiger partial charge in [0.2, 0.25) is 0 Å². The van der Waals surface area contributed by atoms with Crippen LogP contribution in [0.15, 0.2) is 49.1 Å². The fourth-order valence-electron chi connectivity index (χ4n) is 6.39. The molecule has 1 saturated heterocycles. The smallest absolute Gasteiger partial charge is 0.387 e. The van der Waals surface area contributed by atoms with Crippen molar-refractivity contribution in [2.24, 2.45) is 0 Å². The van der Waals surface area contributed by atoms with E-state index in [4.69, 9.17) is 14.5 Å². The van der Waals surface area contributed by atoms with Crippen LogP contribution in [0.2, 0.25) is 0 Å². The summed E-state index contributed by atoms with van der Waals surface area (Å²) in [6.07, 6.45) is 8.26. The van der Waals surface area contributed by atoms with E-state index in [0.29, 0.717) is 22.8 Å². The molecule has 0 amide bonds. The molecule has 2 aliphatic heterocycles. The third-order valence-electron chi connectivity index (χ3n) is 8.70. The number of alkyl halides is 2. The second-order valence-corrected chi connectivity index (χ2v) is 12.5.